The van der Waals surface area contributed by atoms with Crippen molar-refractivity contribution in [3.63, 3.8) is 0 Å². The third kappa shape index (κ3) is 3.95. The summed E-state index contributed by atoms with van der Waals surface area (Å²) in [6, 6.07) is 25.7. The van der Waals surface area contributed by atoms with Gasteiger partial charge in [0.2, 0.25) is 0 Å². The zero-order valence-electron chi connectivity index (χ0n) is 18.8. The molecule has 0 bridgehead atoms. The summed E-state index contributed by atoms with van der Waals surface area (Å²) < 4.78 is 21.0. The first-order chi connectivity index (χ1) is 17.1. The molecule has 0 saturated carbocycles. The second-order valence-electron chi connectivity index (χ2n) is 8.74. The molecule has 0 N–H and O–H groups in total. The smallest absolute Gasteiger partial charge is 0.161 e. The van der Waals surface area contributed by atoms with Crippen LogP contribution in [0.15, 0.2) is 88.9 Å². The van der Waals surface area contributed by atoms with Crippen molar-refractivity contribution in [2.75, 3.05) is 13.2 Å². The van der Waals surface area contributed by atoms with Gasteiger partial charge in [-0.15, -0.1) is 10.2 Å². The Balaban J connectivity index is 1.41. The molecule has 3 aromatic carbocycles. The number of benzene rings is 3. The van der Waals surface area contributed by atoms with Gasteiger partial charge in [0, 0.05) is 28.4 Å². The summed E-state index contributed by atoms with van der Waals surface area (Å²) in [6.45, 7) is 1.22. The fraction of sp³-hybridized carbons (Fsp3) is 0.179. The standard InChI is InChI=1S/C28H21FN4OS/c29-21-6-4-19(5-7-21)25-16-27-32-31-18-33(27)26-15-23(8-9-24(25)26)35-22-3-1-2-20(14-22)28(17-30)10-12-34-13-11-28/h1-9,14-16,18H,10-13H2. The Morgan fingerprint density at radius 1 is 0.971 bits per heavy atom. The first-order valence-electron chi connectivity index (χ1n) is 11.5. The Hall–Kier alpha value is -3.73. The maximum absolute atomic E-state index is 13.5. The molecular weight excluding hydrogens is 459 g/mol. The Bertz CT molecular complexity index is 1580. The van der Waals surface area contributed by atoms with Crippen molar-refractivity contribution in [1.82, 2.24) is 14.6 Å². The van der Waals surface area contributed by atoms with Crippen LogP contribution in [0.1, 0.15) is 18.4 Å². The molecule has 1 aliphatic rings. The van der Waals surface area contributed by atoms with Crippen molar-refractivity contribution in [3.8, 4) is 17.2 Å². The lowest BCUT2D eigenvalue weighted by atomic mass is 9.75. The molecule has 0 radical (unpaired) electrons. The van der Waals surface area contributed by atoms with Crippen LogP contribution < -0.4 is 0 Å². The van der Waals surface area contributed by atoms with Gasteiger partial charge in [0.15, 0.2) is 5.65 Å². The largest absolute Gasteiger partial charge is 0.381 e. The molecule has 1 aliphatic heterocycles. The Labute approximate surface area is 206 Å². The first-order valence-corrected chi connectivity index (χ1v) is 12.3. The quantitative estimate of drug-likeness (QED) is 0.297. The number of ether oxygens (including phenoxy) is 1. The van der Waals surface area contributed by atoms with E-state index in [1.54, 1.807) is 30.2 Å². The molecule has 6 rings (SSSR count). The van der Waals surface area contributed by atoms with Crippen LogP contribution >= 0.6 is 11.8 Å². The lowest BCUT2D eigenvalue weighted by Crippen LogP contribution is -2.32. The van der Waals surface area contributed by atoms with E-state index in [-0.39, 0.29) is 5.82 Å². The Morgan fingerprint density at radius 3 is 2.57 bits per heavy atom. The maximum Gasteiger partial charge on any atom is 0.161 e. The van der Waals surface area contributed by atoms with Gasteiger partial charge in [0.1, 0.15) is 12.1 Å². The van der Waals surface area contributed by atoms with Crippen LogP contribution in [0, 0.1) is 17.1 Å². The molecule has 1 fully saturated rings. The van der Waals surface area contributed by atoms with E-state index in [0.717, 1.165) is 43.0 Å². The third-order valence-electron chi connectivity index (χ3n) is 6.70. The van der Waals surface area contributed by atoms with E-state index in [1.807, 2.05) is 16.5 Å². The molecule has 0 spiro atoms. The Morgan fingerprint density at radius 2 is 1.77 bits per heavy atom. The number of rotatable bonds is 4. The van der Waals surface area contributed by atoms with Gasteiger partial charge in [-0.2, -0.15) is 5.26 Å². The van der Waals surface area contributed by atoms with Gasteiger partial charge in [-0.25, -0.2) is 4.39 Å². The molecule has 0 aliphatic carbocycles. The number of aromatic nitrogens is 3. The maximum atomic E-state index is 13.5. The molecule has 0 atom stereocenters. The zero-order chi connectivity index (χ0) is 23.8. The van der Waals surface area contributed by atoms with Crippen LogP contribution in [0.2, 0.25) is 0 Å². The van der Waals surface area contributed by atoms with E-state index >= 15 is 0 Å². The number of fused-ring (bicyclic) bond motifs is 3. The van der Waals surface area contributed by atoms with Crippen LogP contribution in [0.3, 0.4) is 0 Å². The highest BCUT2D eigenvalue weighted by atomic mass is 32.2. The summed E-state index contributed by atoms with van der Waals surface area (Å²) >= 11 is 1.66. The zero-order valence-corrected chi connectivity index (χ0v) is 19.6. The molecule has 1 saturated heterocycles. The minimum atomic E-state index is -0.489. The van der Waals surface area contributed by atoms with Crippen LogP contribution in [0.25, 0.3) is 27.7 Å². The van der Waals surface area contributed by atoms with E-state index in [1.165, 1.54) is 12.1 Å². The van der Waals surface area contributed by atoms with Crippen molar-refractivity contribution >= 4 is 28.3 Å². The monoisotopic (exact) mass is 480 g/mol. The molecule has 5 nitrogen and oxygen atoms in total. The molecule has 172 valence electrons. The lowest BCUT2D eigenvalue weighted by Gasteiger charge is -2.31. The number of hydrogen-bond donors (Lipinski definition) is 0. The Kier molecular flexibility index (Phi) is 5.48. The average Bonchev–Trinajstić information content (AvgIpc) is 3.38. The van der Waals surface area contributed by atoms with Gasteiger partial charge in [-0.3, -0.25) is 4.40 Å². The van der Waals surface area contributed by atoms with Crippen molar-refractivity contribution in [2.24, 2.45) is 0 Å². The normalized spacial score (nSPS) is 15.3. The van der Waals surface area contributed by atoms with Crippen LogP contribution in [-0.2, 0) is 10.2 Å². The first kappa shape index (κ1) is 21.8. The summed E-state index contributed by atoms with van der Waals surface area (Å²) in [5.74, 6) is -0.263. The highest BCUT2D eigenvalue weighted by molar-refractivity contribution is 7.99. The topological polar surface area (TPSA) is 63.2 Å². The van der Waals surface area contributed by atoms with Crippen LogP contribution in [0.5, 0.6) is 0 Å². The molecule has 2 aromatic heterocycles. The third-order valence-corrected chi connectivity index (χ3v) is 7.68. The summed E-state index contributed by atoms with van der Waals surface area (Å²) in [4.78, 5) is 2.15. The molecule has 3 heterocycles. The lowest BCUT2D eigenvalue weighted by molar-refractivity contribution is 0.0675. The highest BCUT2D eigenvalue weighted by Gasteiger charge is 2.34. The fourth-order valence-electron chi connectivity index (χ4n) is 4.78. The summed E-state index contributed by atoms with van der Waals surface area (Å²) in [5.41, 5.74) is 4.18. The van der Waals surface area contributed by atoms with Crippen molar-refractivity contribution in [3.05, 3.63) is 90.5 Å². The second-order valence-corrected chi connectivity index (χ2v) is 9.89. The molecule has 35 heavy (non-hydrogen) atoms. The summed E-state index contributed by atoms with van der Waals surface area (Å²) in [6.07, 6.45) is 3.14. The second kappa shape index (κ2) is 8.81. The highest BCUT2D eigenvalue weighted by Crippen LogP contribution is 2.39. The summed E-state index contributed by atoms with van der Waals surface area (Å²) in [5, 5.41) is 19.4. The molecule has 0 amide bonds. The van der Waals surface area contributed by atoms with Crippen molar-refractivity contribution in [2.45, 2.75) is 28.0 Å². The SMILES string of the molecule is N#CC1(c2cccc(Sc3ccc4c(-c5ccc(F)cc5)cc5nncn5c4c3)c2)CCOCC1. The van der Waals surface area contributed by atoms with E-state index in [4.69, 9.17) is 4.74 Å². The van der Waals surface area contributed by atoms with Gasteiger partial charge in [-0.1, -0.05) is 42.1 Å². The molecular formula is C28H21FN4OS. The fourth-order valence-corrected chi connectivity index (χ4v) is 5.69. The van der Waals surface area contributed by atoms with Gasteiger partial charge in [0.05, 0.1) is 17.0 Å². The number of pyridine rings is 1. The average molecular weight is 481 g/mol. The van der Waals surface area contributed by atoms with Gasteiger partial charge < -0.3 is 4.74 Å². The van der Waals surface area contributed by atoms with Crippen molar-refractivity contribution < 1.29 is 9.13 Å². The molecule has 7 heteroatoms. The van der Waals surface area contributed by atoms with E-state index in [9.17, 15) is 9.65 Å². The van der Waals surface area contributed by atoms with Crippen LogP contribution in [-0.4, -0.2) is 27.8 Å². The van der Waals surface area contributed by atoms with E-state index < -0.39 is 5.41 Å². The van der Waals surface area contributed by atoms with Gasteiger partial charge in [-0.05, 0) is 72.0 Å². The minimum Gasteiger partial charge on any atom is -0.381 e. The summed E-state index contributed by atoms with van der Waals surface area (Å²) in [7, 11) is 0. The van der Waals surface area contributed by atoms with Gasteiger partial charge in [0.25, 0.3) is 0 Å². The van der Waals surface area contributed by atoms with E-state index in [0.29, 0.717) is 26.1 Å². The molecule has 0 unspecified atom stereocenters. The number of halogens is 1. The van der Waals surface area contributed by atoms with Gasteiger partial charge >= 0.3 is 0 Å². The predicted octanol–water partition coefficient (Wildman–Crippen LogP) is 6.41. The van der Waals surface area contributed by atoms with Crippen LogP contribution in [0.4, 0.5) is 4.39 Å². The minimum absolute atomic E-state index is 0.263. The number of nitriles is 1. The molecule has 5 aromatic rings. The van der Waals surface area contributed by atoms with Crippen molar-refractivity contribution in [1.29, 1.82) is 5.26 Å². The number of hydrogen-bond acceptors (Lipinski definition) is 5. The number of nitrogens with zero attached hydrogens (tertiary/aromatic N) is 4. The van der Waals surface area contributed by atoms with E-state index in [2.05, 4.69) is 52.7 Å². The predicted molar refractivity (Wildman–Crippen MR) is 134 cm³/mol.